The van der Waals surface area contributed by atoms with Gasteiger partial charge >= 0.3 is 2.85 Å². The number of hydrogen-bond donors (Lipinski definition) is 0. The summed E-state index contributed by atoms with van der Waals surface area (Å²) in [6.07, 6.45) is 90.3. The Labute approximate surface area is 442 Å². The lowest BCUT2D eigenvalue weighted by molar-refractivity contribution is -0.479. The second-order valence-electron chi connectivity index (χ2n) is 22.9. The Hall–Kier alpha value is 0.375. The lowest BCUT2D eigenvalue weighted by Crippen LogP contribution is -2.56. The second kappa shape index (κ2) is 64.5. The molecule has 5 heteroatoms. The summed E-state index contributed by atoms with van der Waals surface area (Å²) in [5.74, 6) is 0. The highest BCUT2D eigenvalue weighted by Crippen LogP contribution is 2.61. The molecule has 0 saturated carbocycles. The molecule has 0 amide bonds. The zero-order valence-corrected chi connectivity index (χ0v) is 49.6. The Morgan fingerprint density at radius 1 is 0.188 bits per heavy atom. The van der Waals surface area contributed by atoms with Crippen molar-refractivity contribution in [1.82, 2.24) is 0 Å². The first kappa shape index (κ1) is 71.4. The summed E-state index contributed by atoms with van der Waals surface area (Å²) >= 11 is 0. The molecule has 0 aromatic rings. The minimum atomic E-state index is -2.92. The zero-order valence-electron chi connectivity index (χ0n) is 50.7. The molecular weight excluding hydrogens is 858 g/mol. The summed E-state index contributed by atoms with van der Waals surface area (Å²) in [5, 5.41) is 25.2. The van der Waals surface area contributed by atoms with E-state index < -0.39 is 14.6 Å². The van der Waals surface area contributed by atoms with Crippen LogP contribution in [-0.2, 0) is 0 Å². The molecule has 0 N–H and O–H groups in total. The fraction of sp³-hybridized carbons (Fsp3) is 1.00. The molecule has 0 radical (unpaired) electrons. The van der Waals surface area contributed by atoms with Gasteiger partial charge in [-0.3, -0.25) is 7.32 Å². The highest BCUT2D eigenvalue weighted by atomic mass is 31.2. The summed E-state index contributed by atoms with van der Waals surface area (Å²) in [5.41, 5.74) is 0. The first-order chi connectivity index (χ1) is 34.0. The highest BCUT2D eigenvalue weighted by molar-refractivity contribution is 7.75. The third-order valence-electron chi connectivity index (χ3n) is 15.9. The van der Waals surface area contributed by atoms with E-state index in [0.717, 1.165) is 0 Å². The Morgan fingerprint density at radius 3 is 0.377 bits per heavy atom. The van der Waals surface area contributed by atoms with E-state index in [9.17, 15) is 0 Å². The zero-order chi connectivity index (χ0) is 50.5. The third kappa shape index (κ3) is 64.4. The molecule has 0 aromatic carbocycles. The van der Waals surface area contributed by atoms with Gasteiger partial charge in [0.2, 0.25) is 0 Å². The first-order valence-corrected chi connectivity index (χ1v) is 35.3. The van der Waals surface area contributed by atoms with E-state index in [4.69, 9.17) is 15.1 Å². The van der Waals surface area contributed by atoms with Crippen LogP contribution in [0.3, 0.4) is 0 Å². The molecule has 69 heavy (non-hydrogen) atoms. The van der Waals surface area contributed by atoms with E-state index in [2.05, 4.69) is 27.7 Å². The SMILES string of the molecule is CCCCCCCCCCCCCCCC[P+](CCCCCCCCCCCCCCCC)(CCCCCCCCCCCCCCCC)CCCCCCCCCCCCCCCC.[H+].[H+].[O-]B([O-])[O-]. The van der Waals surface area contributed by atoms with Crippen molar-refractivity contribution in [3.8, 4) is 0 Å². The Kier molecular flexibility index (Phi) is 66.8. The average Bonchev–Trinajstić information content (AvgIpc) is 3.34. The number of unbranched alkanes of at least 4 members (excludes halogenated alkanes) is 52. The van der Waals surface area contributed by atoms with E-state index in [-0.39, 0.29) is 2.85 Å². The summed E-state index contributed by atoms with van der Waals surface area (Å²) in [6.45, 7) is 9.34. The van der Waals surface area contributed by atoms with Crippen LogP contribution in [0, 0.1) is 0 Å². The van der Waals surface area contributed by atoms with Crippen LogP contribution in [0.15, 0.2) is 0 Å². The molecule has 0 aliphatic rings. The summed E-state index contributed by atoms with van der Waals surface area (Å²) < 4.78 is 0. The number of rotatable bonds is 60. The monoisotopic (exact) mass is 993 g/mol. The van der Waals surface area contributed by atoms with Gasteiger partial charge in [-0.05, 0) is 51.4 Å². The van der Waals surface area contributed by atoms with Gasteiger partial charge in [-0.2, -0.15) is 0 Å². The van der Waals surface area contributed by atoms with Gasteiger partial charge in [-0.15, -0.1) is 0 Å². The molecule has 0 aromatic heterocycles. The van der Waals surface area contributed by atoms with Crippen LogP contribution in [0.2, 0.25) is 0 Å². The smallest absolute Gasteiger partial charge is 0.907 e. The molecule has 0 unspecified atom stereocenters. The summed E-state index contributed by atoms with van der Waals surface area (Å²) in [4.78, 5) is 0. The lowest BCUT2D eigenvalue weighted by Gasteiger charge is -2.35. The van der Waals surface area contributed by atoms with Crippen molar-refractivity contribution in [3.63, 3.8) is 0 Å². The lowest BCUT2D eigenvalue weighted by atomic mass is 10.0. The predicted molar refractivity (Wildman–Crippen MR) is 316 cm³/mol. The average molecular weight is 994 g/mol. The molecule has 3 nitrogen and oxygen atoms in total. The number of hydrogen-bond acceptors (Lipinski definition) is 3. The molecule has 0 aliphatic heterocycles. The van der Waals surface area contributed by atoms with E-state index >= 15 is 0 Å². The van der Waals surface area contributed by atoms with Gasteiger partial charge in [0.1, 0.15) is 0 Å². The van der Waals surface area contributed by atoms with Gasteiger partial charge < -0.3 is 15.1 Å². The maximum absolute atomic E-state index is 8.42. The van der Waals surface area contributed by atoms with E-state index in [0.29, 0.717) is 0 Å². The van der Waals surface area contributed by atoms with Crippen molar-refractivity contribution < 1.29 is 17.9 Å². The molecule has 0 rings (SSSR count). The van der Waals surface area contributed by atoms with Crippen molar-refractivity contribution in [1.29, 1.82) is 0 Å². The maximum atomic E-state index is 8.42. The van der Waals surface area contributed by atoms with Gasteiger partial charge in [0, 0.05) is 7.26 Å². The Bertz CT molecular complexity index is 749. The molecule has 0 aliphatic carbocycles. The van der Waals surface area contributed by atoms with Gasteiger partial charge in [0.05, 0.1) is 24.6 Å². The van der Waals surface area contributed by atoms with Gasteiger partial charge in [-0.1, -0.05) is 336 Å². The quantitative estimate of drug-likeness (QED) is 0.0346. The van der Waals surface area contributed by atoms with E-state index in [1.54, 1.807) is 50.3 Å². The topological polar surface area (TPSA) is 69.2 Å². The minimum Gasteiger partial charge on any atom is -0.907 e. The van der Waals surface area contributed by atoms with Gasteiger partial charge in [0.25, 0.3) is 0 Å². The summed E-state index contributed by atoms with van der Waals surface area (Å²) in [6, 6.07) is 0. The first-order valence-electron chi connectivity index (χ1n) is 32.8. The normalized spacial score (nSPS) is 11.7. The second-order valence-corrected chi connectivity index (χ2v) is 27.4. The van der Waals surface area contributed by atoms with Crippen LogP contribution in [0.4, 0.5) is 0 Å². The van der Waals surface area contributed by atoms with Crippen LogP contribution < -0.4 is 15.1 Å². The van der Waals surface area contributed by atoms with Crippen molar-refractivity contribution in [3.05, 3.63) is 0 Å². The predicted octanol–water partition coefficient (Wildman–Crippen LogP) is 21.2. The fourth-order valence-corrected chi connectivity index (χ4v) is 16.2. The van der Waals surface area contributed by atoms with Crippen LogP contribution in [0.25, 0.3) is 0 Å². The Balaban J connectivity index is -0.00000359. The molecule has 0 heterocycles. The third-order valence-corrected chi connectivity index (χ3v) is 21.0. The highest BCUT2D eigenvalue weighted by Gasteiger charge is 2.35. The largest absolute Gasteiger partial charge is 1.00 e. The molecule has 0 spiro atoms. The Morgan fingerprint density at radius 2 is 0.275 bits per heavy atom. The minimum absolute atomic E-state index is 0. The molecule has 0 saturated heterocycles. The molecular formula is C64H134BO3P. The van der Waals surface area contributed by atoms with Gasteiger partial charge in [0.15, 0.2) is 0 Å². The molecule has 416 valence electrons. The molecule has 0 fully saturated rings. The van der Waals surface area contributed by atoms with Gasteiger partial charge in [-0.25, -0.2) is 0 Å². The standard InChI is InChI=1S/C64H132P.BO3/c1-5-9-13-17-21-25-29-33-37-41-45-49-53-57-61-65(62-58-54-50-46-42-38-34-30-26-22-18-14-10-6-2,63-59-55-51-47-43-39-35-31-27-23-19-15-11-7-3)64-60-56-52-48-44-40-36-32-28-24-20-16-12-8-4;2-1(3)4/h5-64H2,1-4H3;/q+1;-3/p+2. The summed E-state index contributed by atoms with van der Waals surface area (Å²) in [7, 11) is -3.75. The molecule has 0 atom stereocenters. The van der Waals surface area contributed by atoms with Crippen LogP contribution in [0.1, 0.15) is 390 Å². The van der Waals surface area contributed by atoms with Crippen molar-refractivity contribution >= 4 is 14.6 Å². The van der Waals surface area contributed by atoms with E-state index in [1.807, 2.05) is 0 Å². The van der Waals surface area contributed by atoms with Crippen LogP contribution in [-0.4, -0.2) is 32.0 Å². The maximum Gasteiger partial charge on any atom is 1.00 e. The fourth-order valence-electron chi connectivity index (χ4n) is 11.2. The van der Waals surface area contributed by atoms with Crippen molar-refractivity contribution in [2.24, 2.45) is 0 Å². The van der Waals surface area contributed by atoms with Crippen LogP contribution >= 0.6 is 7.26 Å². The molecule has 0 bridgehead atoms. The van der Waals surface area contributed by atoms with Crippen molar-refractivity contribution in [2.75, 3.05) is 24.6 Å². The van der Waals surface area contributed by atoms with E-state index in [1.165, 1.54) is 334 Å². The van der Waals surface area contributed by atoms with Crippen LogP contribution in [0.5, 0.6) is 0 Å². The van der Waals surface area contributed by atoms with Crippen molar-refractivity contribution in [2.45, 2.75) is 387 Å².